The second-order valence-corrected chi connectivity index (χ2v) is 47.1. The lowest BCUT2D eigenvalue weighted by molar-refractivity contribution is 0.572. The van der Waals surface area contributed by atoms with E-state index in [1.807, 2.05) is 74.0 Å². The summed E-state index contributed by atoms with van der Waals surface area (Å²) in [6, 6.07) is 20.0. The highest BCUT2D eigenvalue weighted by atomic mass is 31.2. The Labute approximate surface area is 242 Å². The zero-order valence-electron chi connectivity index (χ0n) is 26.3. The Hall–Kier alpha value is 0.0106. The second kappa shape index (κ2) is 11.9. The van der Waals surface area contributed by atoms with E-state index in [2.05, 4.69) is 39.3 Å². The second-order valence-electron chi connectivity index (χ2n) is 15.0. The number of rotatable bonds is 12. The van der Waals surface area contributed by atoms with Crippen LogP contribution in [0.5, 0.6) is 0 Å². The minimum atomic E-state index is -3.56. The van der Waals surface area contributed by atoms with Gasteiger partial charge in [-0.2, -0.15) is 0 Å². The van der Waals surface area contributed by atoms with Crippen molar-refractivity contribution in [1.82, 2.24) is 0 Å². The third-order valence-electron chi connectivity index (χ3n) is 7.11. The summed E-state index contributed by atoms with van der Waals surface area (Å²) < 4.78 is 60.3. The molecule has 0 heterocycles. The lowest BCUT2D eigenvalue weighted by Gasteiger charge is -2.52. The molecule has 0 aliphatic carbocycles. The van der Waals surface area contributed by atoms with Gasteiger partial charge < -0.3 is 18.3 Å². The van der Waals surface area contributed by atoms with Crippen molar-refractivity contribution in [3.63, 3.8) is 0 Å². The predicted octanol–water partition coefficient (Wildman–Crippen LogP) is 7.97. The number of hydrogen-bond acceptors (Lipinski definition) is 4. The van der Waals surface area contributed by atoms with E-state index in [9.17, 15) is 9.13 Å². The van der Waals surface area contributed by atoms with Gasteiger partial charge in [-0.1, -0.05) is 110 Å². The van der Waals surface area contributed by atoms with E-state index < -0.39 is 62.8 Å². The van der Waals surface area contributed by atoms with E-state index >= 15 is 9.13 Å². The molecule has 11 heteroatoms. The molecule has 0 radical (unpaired) electrons. The van der Waals surface area contributed by atoms with Crippen molar-refractivity contribution in [3.05, 3.63) is 60.7 Å². The van der Waals surface area contributed by atoms with E-state index in [0.717, 1.165) is 10.4 Å². The maximum Gasteiger partial charge on any atom is 0.154 e. The summed E-state index contributed by atoms with van der Waals surface area (Å²) >= 11 is 0. The van der Waals surface area contributed by atoms with Crippen LogP contribution in [0.3, 0.4) is 0 Å². The molecule has 4 atom stereocenters. The molecule has 0 aliphatic heterocycles. The average molecular weight is 661 g/mol. The molecule has 0 aliphatic rings. The maximum absolute atomic E-state index is 15.3. The minimum absolute atomic E-state index is 0.553. The van der Waals surface area contributed by atoms with Crippen molar-refractivity contribution in [2.75, 3.05) is 51.6 Å². The molecule has 0 N–H and O–H groups in total. The fraction of sp³-hybridized carbons (Fsp3) is 0.571. The Morgan fingerprint density at radius 2 is 0.769 bits per heavy atom. The first kappa shape index (κ1) is 35.2. The van der Waals surface area contributed by atoms with Gasteiger partial charge in [0.25, 0.3) is 0 Å². The van der Waals surface area contributed by atoms with E-state index in [-0.39, 0.29) is 0 Å². The van der Waals surface area contributed by atoms with Crippen LogP contribution in [0.4, 0.5) is 0 Å². The van der Waals surface area contributed by atoms with E-state index in [1.165, 1.54) is 0 Å². The third-order valence-corrected chi connectivity index (χ3v) is 46.5. The summed E-state index contributed by atoms with van der Waals surface area (Å²) in [5, 5.41) is 0.577. The molecule has 0 saturated heterocycles. The molecule has 0 aromatic heterocycles. The molecule has 4 nitrogen and oxygen atoms in total. The molecule has 220 valence electrons. The first-order valence-corrected chi connectivity index (χ1v) is 33.4. The van der Waals surface area contributed by atoms with Gasteiger partial charge in [-0.25, -0.2) is 0 Å². The standard InChI is InChI=1S/C28H52O4P4Si3/c1-33(2,29)27(35(5,31)23-37(7,8)9)39(25-19-15-13-16-20-25,26-21-17-14-18-22-26)28(34(3,4)30)36(6,32)24-38(10,11)12/h13-22,27-28H,23-24H2,1-12H3. The average Bonchev–Trinajstić information content (AvgIpc) is 2.68. The SMILES string of the molecule is C[Si](C)(C)CP(C)(=O)C([Si](c1ccccc1)(c1ccccc1)C(P(C)(C)=O)P(C)(=O)C[Si](C)(C)C)P(C)(C)=O. The fourth-order valence-electron chi connectivity index (χ4n) is 7.40. The lowest BCUT2D eigenvalue weighted by Crippen LogP contribution is -2.73. The predicted molar refractivity (Wildman–Crippen MR) is 188 cm³/mol. The van der Waals surface area contributed by atoms with Crippen LogP contribution in [0.15, 0.2) is 60.7 Å². The molecule has 0 bridgehead atoms. The van der Waals surface area contributed by atoms with Gasteiger partial charge in [0.15, 0.2) is 8.07 Å². The highest BCUT2D eigenvalue weighted by Crippen LogP contribution is 2.74. The van der Waals surface area contributed by atoms with Gasteiger partial charge in [0.2, 0.25) is 0 Å². The molecule has 2 aromatic rings. The molecule has 0 fully saturated rings. The lowest BCUT2D eigenvalue weighted by atomic mass is 10.4. The van der Waals surface area contributed by atoms with Crippen molar-refractivity contribution < 1.29 is 18.3 Å². The van der Waals surface area contributed by atoms with Gasteiger partial charge in [-0.15, -0.1) is 0 Å². The zero-order chi connectivity index (χ0) is 30.3. The Bertz CT molecular complexity index is 1220. The van der Waals surface area contributed by atoms with Crippen LogP contribution in [0.2, 0.25) is 39.3 Å². The Morgan fingerprint density at radius 3 is 0.974 bits per heavy atom. The van der Waals surface area contributed by atoms with Gasteiger partial charge in [0.1, 0.15) is 0 Å². The summed E-state index contributed by atoms with van der Waals surface area (Å²) in [6.07, 6.45) is 0. The van der Waals surface area contributed by atoms with Crippen LogP contribution in [-0.4, -0.2) is 85.8 Å². The van der Waals surface area contributed by atoms with Crippen molar-refractivity contribution >= 4 is 63.2 Å². The molecular weight excluding hydrogens is 608 g/mol. The molecule has 4 unspecified atom stereocenters. The first-order valence-electron chi connectivity index (χ1n) is 13.7. The van der Waals surface area contributed by atoms with E-state index in [1.54, 1.807) is 26.7 Å². The highest BCUT2D eigenvalue weighted by molar-refractivity contribution is 7.91. The van der Waals surface area contributed by atoms with E-state index in [0.29, 0.717) is 11.6 Å². The van der Waals surface area contributed by atoms with Gasteiger partial charge in [0, 0.05) is 0 Å². The van der Waals surface area contributed by atoms with Crippen LogP contribution in [-0.2, 0) is 18.3 Å². The number of benzene rings is 2. The van der Waals surface area contributed by atoms with Crippen LogP contribution < -0.4 is 10.4 Å². The molecule has 0 spiro atoms. The fourth-order valence-corrected chi connectivity index (χ4v) is 61.2. The van der Waals surface area contributed by atoms with Crippen LogP contribution in [0.25, 0.3) is 0 Å². The Kier molecular flexibility index (Phi) is 10.8. The summed E-state index contributed by atoms with van der Waals surface area (Å²) in [7, 11) is -19.7. The van der Waals surface area contributed by atoms with Crippen molar-refractivity contribution in [2.24, 2.45) is 0 Å². The van der Waals surface area contributed by atoms with Gasteiger partial charge in [-0.05, 0) is 51.6 Å². The molecule has 39 heavy (non-hydrogen) atoms. The molecular formula is C28H52O4P4Si3. The quantitative estimate of drug-likeness (QED) is 0.171. The largest absolute Gasteiger partial charge is 0.324 e. The molecule has 2 rings (SSSR count). The summed E-state index contributed by atoms with van der Waals surface area (Å²) in [6.45, 7) is 24.1. The smallest absolute Gasteiger partial charge is 0.154 e. The van der Waals surface area contributed by atoms with Gasteiger partial charge >= 0.3 is 0 Å². The van der Waals surface area contributed by atoms with Gasteiger partial charge in [0.05, 0.1) is 54.8 Å². The molecule has 0 amide bonds. The third kappa shape index (κ3) is 8.53. The monoisotopic (exact) mass is 660 g/mol. The zero-order valence-corrected chi connectivity index (χ0v) is 32.8. The summed E-state index contributed by atoms with van der Waals surface area (Å²) in [5.74, 6) is 1.11. The van der Waals surface area contributed by atoms with Crippen molar-refractivity contribution in [1.29, 1.82) is 0 Å². The summed E-state index contributed by atoms with van der Waals surface area (Å²) in [5.41, 5.74) is 0. The maximum atomic E-state index is 15.3. The van der Waals surface area contributed by atoms with Crippen LogP contribution >= 0.6 is 28.6 Å². The highest BCUT2D eigenvalue weighted by Gasteiger charge is 2.66. The van der Waals surface area contributed by atoms with E-state index in [4.69, 9.17) is 0 Å². The van der Waals surface area contributed by atoms with Crippen LogP contribution in [0.1, 0.15) is 0 Å². The minimum Gasteiger partial charge on any atom is -0.324 e. The molecule has 2 aromatic carbocycles. The Balaban J connectivity index is 3.35. The van der Waals surface area contributed by atoms with Crippen molar-refractivity contribution in [3.8, 4) is 0 Å². The Morgan fingerprint density at radius 1 is 0.513 bits per heavy atom. The number of hydrogen-bond donors (Lipinski definition) is 0. The topological polar surface area (TPSA) is 68.3 Å². The summed E-state index contributed by atoms with van der Waals surface area (Å²) in [4.78, 5) is 0. The first-order chi connectivity index (χ1) is 17.4. The van der Waals surface area contributed by atoms with Gasteiger partial charge in [-0.3, -0.25) is 0 Å². The van der Waals surface area contributed by atoms with Crippen LogP contribution in [0, 0.1) is 0 Å². The van der Waals surface area contributed by atoms with Crippen molar-refractivity contribution in [2.45, 2.75) is 49.3 Å². The molecule has 0 saturated carbocycles. The normalized spacial score (nSPS) is 18.6.